The highest BCUT2D eigenvalue weighted by atomic mass is 31.1. The minimum atomic E-state index is -0.218. The second kappa shape index (κ2) is 5.54. The number of fused-ring (bicyclic) bond motifs is 1. The van der Waals surface area contributed by atoms with Crippen molar-refractivity contribution in [3.63, 3.8) is 0 Å². The molecule has 3 rings (SSSR count). The van der Waals surface area contributed by atoms with Crippen molar-refractivity contribution in [1.29, 1.82) is 0 Å². The highest BCUT2D eigenvalue weighted by molar-refractivity contribution is 7.64. The van der Waals surface area contributed by atoms with E-state index >= 15 is 0 Å². The summed E-state index contributed by atoms with van der Waals surface area (Å²) < 4.78 is 13.8. The molecule has 0 bridgehead atoms. The first-order chi connectivity index (χ1) is 10.1. The maximum absolute atomic E-state index is 13.8. The molecule has 0 N–H and O–H groups in total. The van der Waals surface area contributed by atoms with Crippen LogP contribution in [-0.4, -0.2) is 18.3 Å². The minimum absolute atomic E-state index is 0.216. The van der Waals surface area contributed by atoms with Gasteiger partial charge in [0.05, 0.1) is 11.2 Å². The predicted molar refractivity (Wildman–Crippen MR) is 90.3 cm³/mol. The molecule has 0 aliphatic rings. The van der Waals surface area contributed by atoms with Crippen LogP contribution in [0.15, 0.2) is 48.5 Å². The van der Waals surface area contributed by atoms with Gasteiger partial charge in [-0.3, -0.25) is 0 Å². The minimum Gasteiger partial charge on any atom is -0.248 e. The molecule has 3 heteroatoms. The van der Waals surface area contributed by atoms with Gasteiger partial charge in [-0.25, -0.2) is 9.37 Å². The number of hydrogen-bond donors (Lipinski definition) is 0. The van der Waals surface area contributed by atoms with Crippen molar-refractivity contribution in [2.75, 3.05) is 13.3 Å². The maximum atomic E-state index is 13.8. The predicted octanol–water partition coefficient (Wildman–Crippen LogP) is 4.72. The highest BCUT2D eigenvalue weighted by Crippen LogP contribution is 2.31. The summed E-state index contributed by atoms with van der Waals surface area (Å²) in [6.07, 6.45) is 0. The largest absolute Gasteiger partial charge is 0.248 e. The van der Waals surface area contributed by atoms with Crippen molar-refractivity contribution < 1.29 is 4.39 Å². The fourth-order valence-corrected chi connectivity index (χ4v) is 3.55. The topological polar surface area (TPSA) is 12.9 Å². The molecule has 0 fully saturated rings. The average Bonchev–Trinajstić information content (AvgIpc) is 2.46. The maximum Gasteiger partial charge on any atom is 0.132 e. The molecule has 106 valence electrons. The van der Waals surface area contributed by atoms with Crippen molar-refractivity contribution >= 4 is 24.1 Å². The molecule has 0 saturated heterocycles. The van der Waals surface area contributed by atoms with Crippen LogP contribution in [0.2, 0.25) is 0 Å². The summed E-state index contributed by atoms with van der Waals surface area (Å²) in [6, 6.07) is 15.3. The molecular weight excluding hydrogens is 280 g/mol. The molecule has 21 heavy (non-hydrogen) atoms. The quantitative estimate of drug-likeness (QED) is 0.624. The van der Waals surface area contributed by atoms with Crippen LogP contribution in [0.5, 0.6) is 0 Å². The number of benzene rings is 2. The Morgan fingerprint density at radius 2 is 1.81 bits per heavy atom. The van der Waals surface area contributed by atoms with Crippen LogP contribution < -0.4 is 5.30 Å². The van der Waals surface area contributed by atoms with Gasteiger partial charge < -0.3 is 0 Å². The van der Waals surface area contributed by atoms with Gasteiger partial charge in [-0.15, -0.1) is 0 Å². The van der Waals surface area contributed by atoms with E-state index < -0.39 is 0 Å². The molecule has 0 amide bonds. The second-order valence-corrected chi connectivity index (χ2v) is 7.69. The molecular formula is C18H17FNP. The van der Waals surface area contributed by atoms with E-state index in [1.165, 1.54) is 16.9 Å². The molecule has 1 nitrogen and oxygen atoms in total. The summed E-state index contributed by atoms with van der Waals surface area (Å²) in [5.74, 6) is -0.218. The molecule has 0 aliphatic carbocycles. The Hall–Kier alpha value is -1.79. The van der Waals surface area contributed by atoms with Crippen LogP contribution in [0.1, 0.15) is 5.56 Å². The summed E-state index contributed by atoms with van der Waals surface area (Å²) in [7, 11) is -0.216. The highest BCUT2D eigenvalue weighted by Gasteiger charge is 2.11. The van der Waals surface area contributed by atoms with E-state index in [4.69, 9.17) is 0 Å². The summed E-state index contributed by atoms with van der Waals surface area (Å²) in [4.78, 5) is 4.66. The lowest BCUT2D eigenvalue weighted by atomic mass is 10.1. The van der Waals surface area contributed by atoms with Gasteiger partial charge in [0.2, 0.25) is 0 Å². The zero-order valence-corrected chi connectivity index (χ0v) is 13.3. The Morgan fingerprint density at radius 3 is 2.57 bits per heavy atom. The molecule has 0 aliphatic heterocycles. The third-order valence-corrected chi connectivity index (χ3v) is 4.94. The van der Waals surface area contributed by atoms with Gasteiger partial charge in [0.25, 0.3) is 0 Å². The van der Waals surface area contributed by atoms with Crippen molar-refractivity contribution in [3.05, 3.63) is 59.9 Å². The molecule has 0 unspecified atom stereocenters. The summed E-state index contributed by atoms with van der Waals surface area (Å²) >= 11 is 0. The fourth-order valence-electron chi connectivity index (χ4n) is 2.51. The molecule has 1 heterocycles. The number of pyridine rings is 1. The number of rotatable bonds is 2. The standard InChI is InChI=1S/C18H17FNP/c1-12-7-10-18(21(2)3)14(11-12)17-9-8-13-15(19)5-4-6-16(13)20-17/h4-11H,1-3H3. The third-order valence-electron chi connectivity index (χ3n) is 3.59. The molecule has 0 saturated carbocycles. The lowest BCUT2D eigenvalue weighted by Gasteiger charge is -2.14. The van der Waals surface area contributed by atoms with E-state index in [9.17, 15) is 4.39 Å². The van der Waals surface area contributed by atoms with Gasteiger partial charge in [0.15, 0.2) is 0 Å². The SMILES string of the molecule is Cc1ccc(P(C)C)c(-c2ccc3c(F)cccc3n2)c1. The Balaban J connectivity index is 2.23. The Morgan fingerprint density at radius 1 is 1.00 bits per heavy atom. The summed E-state index contributed by atoms with van der Waals surface area (Å²) in [5, 5.41) is 1.91. The molecule has 0 spiro atoms. The lowest BCUT2D eigenvalue weighted by Crippen LogP contribution is -2.05. The number of nitrogens with zero attached hydrogens (tertiary/aromatic N) is 1. The van der Waals surface area contributed by atoms with Gasteiger partial charge in [0, 0.05) is 10.9 Å². The molecule has 2 aromatic carbocycles. The number of aromatic nitrogens is 1. The van der Waals surface area contributed by atoms with Gasteiger partial charge in [-0.2, -0.15) is 0 Å². The zero-order valence-electron chi connectivity index (χ0n) is 12.4. The zero-order chi connectivity index (χ0) is 15.0. The molecule has 1 aromatic heterocycles. The first-order valence-corrected chi connectivity index (χ1v) is 9.13. The fraction of sp³-hybridized carbons (Fsp3) is 0.167. The smallest absolute Gasteiger partial charge is 0.132 e. The molecule has 0 atom stereocenters. The van der Waals surface area contributed by atoms with Crippen LogP contribution in [-0.2, 0) is 0 Å². The third kappa shape index (κ3) is 2.69. The van der Waals surface area contributed by atoms with Crippen molar-refractivity contribution in [2.45, 2.75) is 6.92 Å². The second-order valence-electron chi connectivity index (χ2n) is 5.42. The number of hydrogen-bond acceptors (Lipinski definition) is 1. The van der Waals surface area contributed by atoms with E-state index in [0.29, 0.717) is 10.9 Å². The Bertz CT molecular complexity index is 811. The van der Waals surface area contributed by atoms with Crippen LogP contribution in [0.3, 0.4) is 0 Å². The van der Waals surface area contributed by atoms with Gasteiger partial charge in [-0.05, 0) is 55.9 Å². The van der Waals surface area contributed by atoms with Crippen LogP contribution in [0.25, 0.3) is 22.2 Å². The summed E-state index contributed by atoms with van der Waals surface area (Å²) in [6.45, 7) is 6.57. The first kappa shape index (κ1) is 14.2. The monoisotopic (exact) mass is 297 g/mol. The Labute approximate surface area is 125 Å². The van der Waals surface area contributed by atoms with Crippen molar-refractivity contribution in [3.8, 4) is 11.3 Å². The van der Waals surface area contributed by atoms with Crippen LogP contribution in [0.4, 0.5) is 4.39 Å². The lowest BCUT2D eigenvalue weighted by molar-refractivity contribution is 0.639. The van der Waals surface area contributed by atoms with Crippen molar-refractivity contribution in [2.24, 2.45) is 0 Å². The number of aryl methyl sites for hydroxylation is 1. The normalized spacial score (nSPS) is 11.3. The van der Waals surface area contributed by atoms with Crippen LogP contribution in [0, 0.1) is 12.7 Å². The van der Waals surface area contributed by atoms with E-state index in [0.717, 1.165) is 11.3 Å². The first-order valence-electron chi connectivity index (χ1n) is 6.90. The average molecular weight is 297 g/mol. The van der Waals surface area contributed by atoms with Crippen LogP contribution >= 0.6 is 7.92 Å². The van der Waals surface area contributed by atoms with Gasteiger partial charge in [-0.1, -0.05) is 31.7 Å². The van der Waals surface area contributed by atoms with E-state index in [2.05, 4.69) is 43.4 Å². The van der Waals surface area contributed by atoms with Gasteiger partial charge >= 0.3 is 0 Å². The Kier molecular flexibility index (Phi) is 3.73. The van der Waals surface area contributed by atoms with Crippen molar-refractivity contribution in [1.82, 2.24) is 4.98 Å². The molecule has 0 radical (unpaired) electrons. The van der Waals surface area contributed by atoms with E-state index in [-0.39, 0.29) is 13.7 Å². The molecule has 3 aromatic rings. The van der Waals surface area contributed by atoms with E-state index in [1.807, 2.05) is 18.2 Å². The number of halogens is 1. The van der Waals surface area contributed by atoms with E-state index in [1.54, 1.807) is 6.07 Å². The van der Waals surface area contributed by atoms with Gasteiger partial charge in [0.1, 0.15) is 5.82 Å². The summed E-state index contributed by atoms with van der Waals surface area (Å²) in [5.41, 5.74) is 4.00.